The van der Waals surface area contributed by atoms with Gasteiger partial charge in [-0.2, -0.15) is 0 Å². The van der Waals surface area contributed by atoms with Crippen molar-refractivity contribution in [3.8, 4) is 5.75 Å². The molecule has 1 saturated heterocycles. The van der Waals surface area contributed by atoms with Crippen LogP contribution in [0, 0.1) is 11.7 Å². The minimum absolute atomic E-state index is 0.0519. The summed E-state index contributed by atoms with van der Waals surface area (Å²) >= 11 is 5.82. The van der Waals surface area contributed by atoms with Gasteiger partial charge in [0.15, 0.2) is 0 Å². The van der Waals surface area contributed by atoms with Crippen molar-refractivity contribution in [1.29, 1.82) is 0 Å². The molecule has 1 N–H and O–H groups in total. The molecule has 2 amide bonds. The van der Waals surface area contributed by atoms with Gasteiger partial charge in [-0.25, -0.2) is 4.39 Å². The molecular formula is C23H26ClFN2O3. The Balaban J connectivity index is 1.57. The minimum atomic E-state index is -0.544. The highest BCUT2D eigenvalue weighted by molar-refractivity contribution is 6.31. The molecule has 3 rings (SSSR count). The Morgan fingerprint density at radius 1 is 1.30 bits per heavy atom. The number of unbranched alkanes of at least 4 members (excludes halogenated alkanes) is 1. The molecule has 7 heteroatoms. The molecule has 1 aliphatic heterocycles. The van der Waals surface area contributed by atoms with Gasteiger partial charge < -0.3 is 15.0 Å². The maximum atomic E-state index is 13.4. The number of carbonyl (C=O) groups excluding carboxylic acids is 2. The van der Waals surface area contributed by atoms with E-state index < -0.39 is 11.7 Å². The molecule has 0 aromatic heterocycles. The third-order valence-corrected chi connectivity index (χ3v) is 5.51. The van der Waals surface area contributed by atoms with Crippen LogP contribution in [0.15, 0.2) is 42.5 Å². The third kappa shape index (κ3) is 5.30. The Labute approximate surface area is 181 Å². The Morgan fingerprint density at radius 3 is 2.70 bits per heavy atom. The van der Waals surface area contributed by atoms with Crippen LogP contribution in [0.5, 0.6) is 5.75 Å². The van der Waals surface area contributed by atoms with Crippen LogP contribution < -0.4 is 15.0 Å². The highest BCUT2D eigenvalue weighted by atomic mass is 35.5. The van der Waals surface area contributed by atoms with Crippen molar-refractivity contribution in [3.63, 3.8) is 0 Å². The van der Waals surface area contributed by atoms with E-state index in [0.717, 1.165) is 24.2 Å². The van der Waals surface area contributed by atoms with E-state index in [4.69, 9.17) is 16.3 Å². The molecule has 0 aliphatic carbocycles. The van der Waals surface area contributed by atoms with Crippen LogP contribution in [0.2, 0.25) is 5.02 Å². The molecule has 1 heterocycles. The molecule has 5 nitrogen and oxygen atoms in total. The van der Waals surface area contributed by atoms with Gasteiger partial charge >= 0.3 is 0 Å². The lowest BCUT2D eigenvalue weighted by atomic mass is 10.0. The highest BCUT2D eigenvalue weighted by Gasteiger charge is 2.35. The largest absolute Gasteiger partial charge is 0.494 e. The molecule has 1 fully saturated rings. The van der Waals surface area contributed by atoms with E-state index in [1.807, 2.05) is 31.2 Å². The Bertz CT molecular complexity index is 904. The Morgan fingerprint density at radius 2 is 2.03 bits per heavy atom. The smallest absolute Gasteiger partial charge is 0.227 e. The first-order valence-electron chi connectivity index (χ1n) is 10.2. The van der Waals surface area contributed by atoms with Gasteiger partial charge in [0.1, 0.15) is 11.6 Å². The van der Waals surface area contributed by atoms with E-state index in [1.165, 1.54) is 23.1 Å². The number of benzene rings is 2. The lowest BCUT2D eigenvalue weighted by molar-refractivity contribution is -0.126. The first-order valence-corrected chi connectivity index (χ1v) is 10.6. The average molecular weight is 433 g/mol. The predicted octanol–water partition coefficient (Wildman–Crippen LogP) is 4.89. The summed E-state index contributed by atoms with van der Waals surface area (Å²) in [7, 11) is 0. The molecule has 1 aliphatic rings. The van der Waals surface area contributed by atoms with Gasteiger partial charge in [-0.3, -0.25) is 9.59 Å². The molecule has 0 bridgehead atoms. The average Bonchev–Trinajstić information content (AvgIpc) is 3.12. The van der Waals surface area contributed by atoms with Gasteiger partial charge in [0, 0.05) is 18.7 Å². The summed E-state index contributed by atoms with van der Waals surface area (Å²) in [6.45, 7) is 4.94. The minimum Gasteiger partial charge on any atom is -0.494 e. The molecule has 160 valence electrons. The van der Waals surface area contributed by atoms with Crippen molar-refractivity contribution in [3.05, 3.63) is 58.9 Å². The van der Waals surface area contributed by atoms with Gasteiger partial charge in [-0.05, 0) is 49.2 Å². The summed E-state index contributed by atoms with van der Waals surface area (Å²) < 4.78 is 19.0. The van der Waals surface area contributed by atoms with Gasteiger partial charge in [0.25, 0.3) is 0 Å². The molecule has 2 atom stereocenters. The second kappa shape index (κ2) is 9.94. The van der Waals surface area contributed by atoms with Crippen molar-refractivity contribution in [2.75, 3.05) is 18.1 Å². The second-order valence-corrected chi connectivity index (χ2v) is 7.91. The maximum absolute atomic E-state index is 13.4. The van der Waals surface area contributed by atoms with Gasteiger partial charge in [-0.15, -0.1) is 0 Å². The van der Waals surface area contributed by atoms with E-state index in [9.17, 15) is 14.0 Å². The standard InChI is InChI=1S/C23H26ClFN2O3/c1-3-4-11-30-19-8-5-16(6-9-19)15(2)26-23(29)17-12-22(28)27(14-17)18-7-10-21(25)20(24)13-18/h5-10,13,15,17H,3-4,11-12,14H2,1-2H3,(H,26,29)/t15-,17+/m0/s1. The monoisotopic (exact) mass is 432 g/mol. The number of hydrogen-bond donors (Lipinski definition) is 1. The van der Waals surface area contributed by atoms with E-state index >= 15 is 0 Å². The lowest BCUT2D eigenvalue weighted by Crippen LogP contribution is -2.34. The number of nitrogens with zero attached hydrogens (tertiary/aromatic N) is 1. The second-order valence-electron chi connectivity index (χ2n) is 7.51. The lowest BCUT2D eigenvalue weighted by Gasteiger charge is -2.19. The predicted molar refractivity (Wildman–Crippen MR) is 115 cm³/mol. The molecule has 2 aromatic carbocycles. The zero-order valence-corrected chi connectivity index (χ0v) is 17.9. The number of carbonyl (C=O) groups is 2. The maximum Gasteiger partial charge on any atom is 0.227 e. The van der Waals surface area contributed by atoms with Crippen molar-refractivity contribution in [1.82, 2.24) is 5.32 Å². The van der Waals surface area contributed by atoms with Crippen LogP contribution in [0.1, 0.15) is 44.7 Å². The van der Waals surface area contributed by atoms with Crippen LogP contribution in [0.25, 0.3) is 0 Å². The first-order chi connectivity index (χ1) is 14.4. The van der Waals surface area contributed by atoms with Crippen molar-refractivity contribution in [2.45, 2.75) is 39.2 Å². The number of amides is 2. The molecule has 0 unspecified atom stereocenters. The van der Waals surface area contributed by atoms with E-state index in [0.29, 0.717) is 12.3 Å². The van der Waals surface area contributed by atoms with Crippen molar-refractivity contribution >= 4 is 29.1 Å². The fraction of sp³-hybridized carbons (Fsp3) is 0.391. The SMILES string of the molecule is CCCCOc1ccc([C@H](C)NC(=O)[C@@H]2CC(=O)N(c3ccc(F)c(Cl)c3)C2)cc1. The van der Waals surface area contributed by atoms with Crippen LogP contribution in [0.3, 0.4) is 0 Å². The van der Waals surface area contributed by atoms with Crippen LogP contribution in [-0.2, 0) is 9.59 Å². The quantitative estimate of drug-likeness (QED) is 0.604. The number of nitrogens with one attached hydrogen (secondary N) is 1. The summed E-state index contributed by atoms with van der Waals surface area (Å²) in [5.41, 5.74) is 1.45. The van der Waals surface area contributed by atoms with E-state index in [1.54, 1.807) is 0 Å². The first kappa shape index (κ1) is 22.1. The number of halogens is 2. The molecule has 2 aromatic rings. The van der Waals surface area contributed by atoms with Crippen LogP contribution >= 0.6 is 11.6 Å². The number of anilines is 1. The van der Waals surface area contributed by atoms with Gasteiger partial charge in [-0.1, -0.05) is 37.1 Å². The summed E-state index contributed by atoms with van der Waals surface area (Å²) in [5, 5.41) is 2.93. The number of rotatable bonds is 8. The van der Waals surface area contributed by atoms with E-state index in [2.05, 4.69) is 12.2 Å². The van der Waals surface area contributed by atoms with Gasteiger partial charge in [0.2, 0.25) is 11.8 Å². The number of ether oxygens (including phenoxy) is 1. The Kier molecular flexibility index (Phi) is 7.32. The summed E-state index contributed by atoms with van der Waals surface area (Å²) in [6, 6.07) is 11.6. The molecular weight excluding hydrogens is 407 g/mol. The zero-order valence-electron chi connectivity index (χ0n) is 17.2. The summed E-state index contributed by atoms with van der Waals surface area (Å²) in [6.07, 6.45) is 2.20. The summed E-state index contributed by atoms with van der Waals surface area (Å²) in [5.74, 6) is -0.577. The van der Waals surface area contributed by atoms with Crippen LogP contribution in [-0.4, -0.2) is 25.0 Å². The summed E-state index contributed by atoms with van der Waals surface area (Å²) in [4.78, 5) is 26.6. The Hall–Kier alpha value is -2.60. The molecule has 0 radical (unpaired) electrons. The number of hydrogen-bond acceptors (Lipinski definition) is 3. The van der Waals surface area contributed by atoms with Gasteiger partial charge in [0.05, 0.1) is 23.6 Å². The van der Waals surface area contributed by atoms with Crippen molar-refractivity contribution < 1.29 is 18.7 Å². The normalized spacial score (nSPS) is 17.1. The molecule has 30 heavy (non-hydrogen) atoms. The van der Waals surface area contributed by atoms with Crippen LogP contribution in [0.4, 0.5) is 10.1 Å². The highest BCUT2D eigenvalue weighted by Crippen LogP contribution is 2.29. The van der Waals surface area contributed by atoms with Crippen molar-refractivity contribution in [2.24, 2.45) is 5.92 Å². The molecule has 0 spiro atoms. The fourth-order valence-corrected chi connectivity index (χ4v) is 3.56. The zero-order chi connectivity index (χ0) is 21.7. The van der Waals surface area contributed by atoms with E-state index in [-0.39, 0.29) is 35.8 Å². The third-order valence-electron chi connectivity index (χ3n) is 5.22. The molecule has 0 saturated carbocycles. The fourth-order valence-electron chi connectivity index (χ4n) is 3.39. The topological polar surface area (TPSA) is 58.6 Å².